The number of hydrogen-bond acceptors (Lipinski definition) is 7. The number of rotatable bonds is 7. The first-order valence-corrected chi connectivity index (χ1v) is 8.73. The number of nitrogens with zero attached hydrogens (tertiary/aromatic N) is 5. The Hall–Kier alpha value is -3.75. The Bertz CT molecular complexity index is 1100. The smallest absolute Gasteiger partial charge is 0.227 e. The van der Waals surface area contributed by atoms with Crippen molar-refractivity contribution in [1.29, 1.82) is 0 Å². The van der Waals surface area contributed by atoms with Gasteiger partial charge in [-0.3, -0.25) is 14.2 Å². The third-order valence-electron chi connectivity index (χ3n) is 4.24. The fourth-order valence-electron chi connectivity index (χ4n) is 2.82. The van der Waals surface area contributed by atoms with Crippen LogP contribution in [0.4, 0.5) is 0 Å². The number of nitrogens with one attached hydrogen (secondary N) is 1. The molecule has 0 bridgehead atoms. The highest BCUT2D eigenvalue weighted by Crippen LogP contribution is 2.27. The maximum absolute atomic E-state index is 12.2. The van der Waals surface area contributed by atoms with Gasteiger partial charge in [-0.1, -0.05) is 17.3 Å². The maximum atomic E-state index is 12.2. The number of carbonyl (C=O) groups is 1. The van der Waals surface area contributed by atoms with E-state index < -0.39 is 0 Å². The first-order chi connectivity index (χ1) is 13.7. The first kappa shape index (κ1) is 17.7. The summed E-state index contributed by atoms with van der Waals surface area (Å²) < 4.78 is 12.4. The molecule has 0 aliphatic rings. The van der Waals surface area contributed by atoms with E-state index in [9.17, 15) is 4.79 Å². The molecule has 3 heterocycles. The van der Waals surface area contributed by atoms with Crippen LogP contribution in [0, 0.1) is 0 Å². The molecule has 0 atom stereocenters. The molecule has 1 aromatic carbocycles. The molecule has 0 aliphatic carbocycles. The van der Waals surface area contributed by atoms with Crippen LogP contribution in [0.5, 0.6) is 5.75 Å². The van der Waals surface area contributed by atoms with Gasteiger partial charge in [-0.05, 0) is 12.1 Å². The van der Waals surface area contributed by atoms with Crippen LogP contribution in [0.15, 0.2) is 53.6 Å². The normalized spacial score (nSPS) is 10.9. The van der Waals surface area contributed by atoms with Crippen molar-refractivity contribution >= 4 is 11.6 Å². The number of methoxy groups -OCH3 is 1. The van der Waals surface area contributed by atoms with E-state index in [0.29, 0.717) is 30.4 Å². The summed E-state index contributed by atoms with van der Waals surface area (Å²) in [5.41, 5.74) is 2.36. The van der Waals surface area contributed by atoms with E-state index in [4.69, 9.17) is 9.26 Å². The van der Waals surface area contributed by atoms with Crippen molar-refractivity contribution in [3.05, 3.63) is 60.6 Å². The largest absolute Gasteiger partial charge is 0.496 e. The number of hydrogen-bond donors (Lipinski definition) is 1. The van der Waals surface area contributed by atoms with E-state index in [1.165, 1.54) is 0 Å². The molecule has 0 spiro atoms. The number of ether oxygens (including phenoxy) is 1. The van der Waals surface area contributed by atoms with Gasteiger partial charge in [-0.25, -0.2) is 4.98 Å². The van der Waals surface area contributed by atoms with Gasteiger partial charge in [0.1, 0.15) is 5.75 Å². The van der Waals surface area contributed by atoms with Crippen LogP contribution in [-0.4, -0.2) is 37.5 Å². The Morgan fingerprint density at radius 2 is 2.18 bits per heavy atom. The maximum Gasteiger partial charge on any atom is 0.227 e. The van der Waals surface area contributed by atoms with E-state index in [0.717, 1.165) is 16.9 Å². The molecule has 28 heavy (non-hydrogen) atoms. The predicted molar refractivity (Wildman–Crippen MR) is 99.4 cm³/mol. The minimum Gasteiger partial charge on any atom is -0.496 e. The molecule has 1 amide bonds. The highest BCUT2D eigenvalue weighted by molar-refractivity contribution is 5.76. The molecular formula is C19H18N6O3. The van der Waals surface area contributed by atoms with Gasteiger partial charge < -0.3 is 14.6 Å². The number of benzene rings is 1. The molecule has 0 radical (unpaired) electrons. The fourth-order valence-corrected chi connectivity index (χ4v) is 2.82. The van der Waals surface area contributed by atoms with Crippen LogP contribution in [0.25, 0.3) is 17.0 Å². The minimum atomic E-state index is -0.110. The van der Waals surface area contributed by atoms with Gasteiger partial charge in [-0.2, -0.15) is 4.98 Å². The Labute approximate surface area is 160 Å². The van der Waals surface area contributed by atoms with Crippen molar-refractivity contribution < 1.29 is 14.1 Å². The molecule has 0 aliphatic heterocycles. The molecule has 9 heteroatoms. The number of para-hydroxylation sites is 1. The highest BCUT2D eigenvalue weighted by Gasteiger charge is 2.14. The van der Waals surface area contributed by atoms with Crippen LogP contribution in [0.3, 0.4) is 0 Å². The lowest BCUT2D eigenvalue weighted by atomic mass is 10.2. The molecule has 9 nitrogen and oxygen atoms in total. The van der Waals surface area contributed by atoms with E-state index in [-0.39, 0.29) is 12.3 Å². The van der Waals surface area contributed by atoms with Crippen LogP contribution in [0.2, 0.25) is 0 Å². The van der Waals surface area contributed by atoms with Crippen molar-refractivity contribution in [2.24, 2.45) is 0 Å². The number of amides is 1. The summed E-state index contributed by atoms with van der Waals surface area (Å²) in [6.45, 7) is 0.375. The topological polar surface area (TPSA) is 107 Å². The van der Waals surface area contributed by atoms with Crippen molar-refractivity contribution in [2.45, 2.75) is 19.4 Å². The standard InChI is InChI=1S/C19H18N6O3/c1-27-15-5-3-2-4-14(15)19-23-18(28-24-19)7-6-17(26)22-11-13-10-21-16-12-20-8-9-25(13)16/h2-5,8-10,12H,6-7,11H2,1H3,(H,22,26). The third-order valence-corrected chi connectivity index (χ3v) is 4.24. The van der Waals surface area contributed by atoms with Gasteiger partial charge >= 0.3 is 0 Å². The Balaban J connectivity index is 1.33. The zero-order valence-electron chi connectivity index (χ0n) is 15.2. The van der Waals surface area contributed by atoms with Gasteiger partial charge in [0.05, 0.1) is 37.3 Å². The number of aromatic nitrogens is 5. The average Bonchev–Trinajstić information content (AvgIpc) is 3.38. The van der Waals surface area contributed by atoms with E-state index >= 15 is 0 Å². The van der Waals surface area contributed by atoms with Gasteiger partial charge in [0.2, 0.25) is 17.6 Å². The molecule has 3 aromatic heterocycles. The summed E-state index contributed by atoms with van der Waals surface area (Å²) in [7, 11) is 1.59. The monoisotopic (exact) mass is 378 g/mol. The minimum absolute atomic E-state index is 0.110. The zero-order valence-corrected chi connectivity index (χ0v) is 15.2. The van der Waals surface area contributed by atoms with Crippen molar-refractivity contribution in [2.75, 3.05) is 7.11 Å². The molecule has 0 saturated carbocycles. The van der Waals surface area contributed by atoms with Gasteiger partial charge in [0.15, 0.2) is 5.65 Å². The van der Waals surface area contributed by atoms with Crippen LogP contribution in [-0.2, 0) is 17.8 Å². The molecule has 1 N–H and O–H groups in total. The second kappa shape index (κ2) is 7.87. The summed E-state index contributed by atoms with van der Waals surface area (Å²) in [5.74, 6) is 1.39. The predicted octanol–water partition coefficient (Wildman–Crippen LogP) is 2.04. The van der Waals surface area contributed by atoms with Gasteiger partial charge in [0, 0.05) is 25.2 Å². The number of carbonyl (C=O) groups excluding carboxylic acids is 1. The Morgan fingerprint density at radius 1 is 1.29 bits per heavy atom. The molecule has 0 saturated heterocycles. The van der Waals surface area contributed by atoms with Crippen LogP contribution in [0.1, 0.15) is 18.0 Å². The lowest BCUT2D eigenvalue weighted by Crippen LogP contribution is -2.23. The first-order valence-electron chi connectivity index (χ1n) is 8.73. The number of aryl methyl sites for hydroxylation is 1. The number of fused-ring (bicyclic) bond motifs is 1. The molecule has 4 rings (SSSR count). The summed E-state index contributed by atoms with van der Waals surface area (Å²) in [4.78, 5) is 24.8. The summed E-state index contributed by atoms with van der Waals surface area (Å²) in [6, 6.07) is 7.42. The van der Waals surface area contributed by atoms with Crippen molar-refractivity contribution in [3.8, 4) is 17.1 Å². The van der Waals surface area contributed by atoms with E-state index in [1.807, 2.05) is 34.9 Å². The second-order valence-electron chi connectivity index (χ2n) is 6.04. The molecule has 0 fully saturated rings. The third kappa shape index (κ3) is 3.68. The Morgan fingerprint density at radius 3 is 3.07 bits per heavy atom. The molecule has 0 unspecified atom stereocenters. The Kier molecular flexibility index (Phi) is 4.96. The van der Waals surface area contributed by atoms with Crippen LogP contribution < -0.4 is 10.1 Å². The summed E-state index contributed by atoms with van der Waals surface area (Å²) in [5, 5.41) is 6.85. The van der Waals surface area contributed by atoms with Gasteiger partial charge in [0.25, 0.3) is 0 Å². The fraction of sp³-hybridized carbons (Fsp3) is 0.211. The summed E-state index contributed by atoms with van der Waals surface area (Å²) >= 11 is 0. The summed E-state index contributed by atoms with van der Waals surface area (Å²) in [6.07, 6.45) is 7.46. The van der Waals surface area contributed by atoms with Gasteiger partial charge in [-0.15, -0.1) is 0 Å². The SMILES string of the molecule is COc1ccccc1-c1noc(CCC(=O)NCc2cnc3cnccn23)n1. The van der Waals surface area contributed by atoms with E-state index in [2.05, 4.69) is 25.4 Å². The highest BCUT2D eigenvalue weighted by atomic mass is 16.5. The van der Waals surface area contributed by atoms with Crippen molar-refractivity contribution in [1.82, 2.24) is 29.8 Å². The molecular weight excluding hydrogens is 360 g/mol. The number of imidazole rings is 1. The zero-order chi connectivity index (χ0) is 19.3. The van der Waals surface area contributed by atoms with Crippen LogP contribution >= 0.6 is 0 Å². The second-order valence-corrected chi connectivity index (χ2v) is 6.04. The molecule has 142 valence electrons. The lowest BCUT2D eigenvalue weighted by Gasteiger charge is -2.04. The average molecular weight is 378 g/mol. The lowest BCUT2D eigenvalue weighted by molar-refractivity contribution is -0.121. The van der Waals surface area contributed by atoms with Crippen molar-refractivity contribution in [3.63, 3.8) is 0 Å². The molecule has 4 aromatic rings. The van der Waals surface area contributed by atoms with E-state index in [1.54, 1.807) is 25.7 Å². The quantitative estimate of drug-likeness (QED) is 0.524.